The Morgan fingerprint density at radius 2 is 1.87 bits per heavy atom. The molecular weight excluding hydrogens is 292 g/mol. The number of methoxy groups -OCH3 is 2. The van der Waals surface area contributed by atoms with Crippen LogP contribution in [0.25, 0.3) is 0 Å². The Labute approximate surface area is 134 Å². The van der Waals surface area contributed by atoms with Crippen LogP contribution in [0.2, 0.25) is 0 Å². The van der Waals surface area contributed by atoms with Crippen molar-refractivity contribution < 1.29 is 14.6 Å². The van der Waals surface area contributed by atoms with Gasteiger partial charge in [-0.1, -0.05) is 24.3 Å². The molecule has 5 nitrogen and oxygen atoms in total. The van der Waals surface area contributed by atoms with Gasteiger partial charge in [-0.25, -0.2) is 0 Å². The highest BCUT2D eigenvalue weighted by Crippen LogP contribution is 2.45. The standard InChI is InChI=1S/C18H18N2O3/c1-22-15-8-7-12(11-16(15)23-2)18(21)14-6-4-3-5-13(14)17-19-9-10-20(17)18/h3-8,11,21H,9-10H2,1-2H3/t18-/m0/s1. The maximum atomic E-state index is 11.6. The minimum Gasteiger partial charge on any atom is -0.493 e. The number of rotatable bonds is 3. The molecule has 1 N–H and O–H groups in total. The molecule has 0 saturated heterocycles. The van der Waals surface area contributed by atoms with Gasteiger partial charge in [-0.05, 0) is 18.2 Å². The van der Waals surface area contributed by atoms with E-state index in [4.69, 9.17) is 9.47 Å². The summed E-state index contributed by atoms with van der Waals surface area (Å²) in [4.78, 5) is 6.52. The van der Waals surface area contributed by atoms with Crippen LogP contribution in [0, 0.1) is 0 Å². The zero-order chi connectivity index (χ0) is 16.0. The average molecular weight is 310 g/mol. The Hall–Kier alpha value is -2.53. The second-order valence-electron chi connectivity index (χ2n) is 5.64. The van der Waals surface area contributed by atoms with Gasteiger partial charge in [0.15, 0.2) is 17.2 Å². The number of fused-ring (bicyclic) bond motifs is 3. The van der Waals surface area contributed by atoms with Crippen LogP contribution < -0.4 is 9.47 Å². The van der Waals surface area contributed by atoms with Gasteiger partial charge in [0.05, 0.1) is 20.8 Å². The predicted octanol–water partition coefficient (Wildman–Crippen LogP) is 1.97. The number of hydrogen-bond donors (Lipinski definition) is 1. The highest BCUT2D eigenvalue weighted by Gasteiger charge is 2.49. The fourth-order valence-electron chi connectivity index (χ4n) is 3.48. The topological polar surface area (TPSA) is 54.3 Å². The van der Waals surface area contributed by atoms with Crippen LogP contribution in [0.3, 0.4) is 0 Å². The molecule has 0 spiro atoms. The summed E-state index contributed by atoms with van der Waals surface area (Å²) in [7, 11) is 3.19. The molecule has 118 valence electrons. The largest absolute Gasteiger partial charge is 0.493 e. The first-order valence-corrected chi connectivity index (χ1v) is 7.57. The van der Waals surface area contributed by atoms with E-state index in [2.05, 4.69) is 4.99 Å². The molecule has 0 saturated carbocycles. The highest BCUT2D eigenvalue weighted by molar-refractivity contribution is 6.05. The SMILES string of the molecule is COc1ccc([C@]2(O)c3ccccc3C3=NCCN32)cc1OC. The van der Waals surface area contributed by atoms with Crippen LogP contribution in [-0.2, 0) is 5.72 Å². The lowest BCUT2D eigenvalue weighted by atomic mass is 9.93. The van der Waals surface area contributed by atoms with Crippen LogP contribution in [0.4, 0.5) is 0 Å². The third-order valence-electron chi connectivity index (χ3n) is 4.56. The predicted molar refractivity (Wildman–Crippen MR) is 87.1 cm³/mol. The van der Waals surface area contributed by atoms with E-state index in [0.29, 0.717) is 24.6 Å². The highest BCUT2D eigenvalue weighted by atomic mass is 16.5. The first-order valence-electron chi connectivity index (χ1n) is 7.57. The van der Waals surface area contributed by atoms with Crippen molar-refractivity contribution in [1.29, 1.82) is 0 Å². The van der Waals surface area contributed by atoms with Gasteiger partial charge in [0.25, 0.3) is 0 Å². The average Bonchev–Trinajstić information content (AvgIpc) is 3.18. The van der Waals surface area contributed by atoms with Gasteiger partial charge in [0.2, 0.25) is 0 Å². The van der Waals surface area contributed by atoms with Gasteiger partial charge < -0.3 is 19.5 Å². The van der Waals surface area contributed by atoms with E-state index in [0.717, 1.165) is 22.5 Å². The Balaban J connectivity index is 1.92. The summed E-state index contributed by atoms with van der Waals surface area (Å²) >= 11 is 0. The van der Waals surface area contributed by atoms with Crippen LogP contribution in [0.15, 0.2) is 47.5 Å². The smallest absolute Gasteiger partial charge is 0.193 e. The number of amidine groups is 1. The molecule has 23 heavy (non-hydrogen) atoms. The van der Waals surface area contributed by atoms with Gasteiger partial charge >= 0.3 is 0 Å². The van der Waals surface area contributed by atoms with Crippen molar-refractivity contribution in [3.63, 3.8) is 0 Å². The zero-order valence-electron chi connectivity index (χ0n) is 13.1. The van der Waals surface area contributed by atoms with E-state index >= 15 is 0 Å². The van der Waals surface area contributed by atoms with Gasteiger partial charge in [0, 0.05) is 23.2 Å². The maximum absolute atomic E-state index is 11.6. The van der Waals surface area contributed by atoms with Gasteiger partial charge in [-0.2, -0.15) is 0 Å². The minimum absolute atomic E-state index is 0.598. The second kappa shape index (κ2) is 4.99. The molecule has 0 bridgehead atoms. The lowest BCUT2D eigenvalue weighted by molar-refractivity contribution is -0.0244. The number of hydrogen-bond acceptors (Lipinski definition) is 5. The zero-order valence-corrected chi connectivity index (χ0v) is 13.1. The summed E-state index contributed by atoms with van der Waals surface area (Å²) in [5.41, 5.74) is 1.36. The first-order chi connectivity index (χ1) is 11.2. The number of nitrogens with zero attached hydrogens (tertiary/aromatic N) is 2. The van der Waals surface area contributed by atoms with E-state index in [1.165, 1.54) is 0 Å². The second-order valence-corrected chi connectivity index (χ2v) is 5.64. The Kier molecular flexibility index (Phi) is 3.06. The van der Waals surface area contributed by atoms with Crippen LogP contribution in [0.5, 0.6) is 11.5 Å². The lowest BCUT2D eigenvalue weighted by Gasteiger charge is -2.34. The molecule has 1 atom stereocenters. The summed E-state index contributed by atoms with van der Waals surface area (Å²) in [6, 6.07) is 13.4. The molecule has 2 aliphatic rings. The summed E-state index contributed by atoms with van der Waals surface area (Å²) < 4.78 is 10.7. The van der Waals surface area contributed by atoms with Crippen molar-refractivity contribution >= 4 is 5.84 Å². The molecular formula is C18H18N2O3. The number of aliphatic hydroxyl groups is 1. The van der Waals surface area contributed by atoms with Crippen molar-refractivity contribution in [1.82, 2.24) is 4.90 Å². The van der Waals surface area contributed by atoms with Gasteiger partial charge in [-0.15, -0.1) is 0 Å². The summed E-state index contributed by atoms with van der Waals surface area (Å²) in [6.45, 7) is 1.38. The van der Waals surface area contributed by atoms with E-state index in [9.17, 15) is 5.11 Å². The van der Waals surface area contributed by atoms with Crippen LogP contribution >= 0.6 is 0 Å². The monoisotopic (exact) mass is 310 g/mol. The molecule has 2 aliphatic heterocycles. The van der Waals surface area contributed by atoms with Crippen molar-refractivity contribution in [3.8, 4) is 11.5 Å². The number of benzene rings is 2. The van der Waals surface area contributed by atoms with Crippen LogP contribution in [0.1, 0.15) is 16.7 Å². The molecule has 0 aromatic heterocycles. The molecule has 4 rings (SSSR count). The fraction of sp³-hybridized carbons (Fsp3) is 0.278. The van der Waals surface area contributed by atoms with Gasteiger partial charge in [0.1, 0.15) is 5.84 Å². The lowest BCUT2D eigenvalue weighted by Crippen LogP contribution is -2.43. The Morgan fingerprint density at radius 3 is 2.65 bits per heavy atom. The van der Waals surface area contributed by atoms with E-state index in [1.807, 2.05) is 47.4 Å². The first kappa shape index (κ1) is 14.1. The quantitative estimate of drug-likeness (QED) is 0.942. The van der Waals surface area contributed by atoms with Gasteiger partial charge in [-0.3, -0.25) is 4.99 Å². The normalized spacial score (nSPS) is 21.7. The fourth-order valence-corrected chi connectivity index (χ4v) is 3.48. The molecule has 0 radical (unpaired) electrons. The van der Waals surface area contributed by atoms with Crippen molar-refractivity contribution in [3.05, 3.63) is 59.2 Å². The summed E-state index contributed by atoms with van der Waals surface area (Å²) in [5.74, 6) is 2.10. The summed E-state index contributed by atoms with van der Waals surface area (Å²) in [6.07, 6.45) is 0. The molecule has 0 aliphatic carbocycles. The summed E-state index contributed by atoms with van der Waals surface area (Å²) in [5, 5.41) is 11.6. The minimum atomic E-state index is -1.23. The maximum Gasteiger partial charge on any atom is 0.193 e. The number of ether oxygens (including phenoxy) is 2. The van der Waals surface area contributed by atoms with E-state index in [1.54, 1.807) is 14.2 Å². The molecule has 0 unspecified atom stereocenters. The molecule has 5 heteroatoms. The van der Waals surface area contributed by atoms with E-state index < -0.39 is 5.72 Å². The van der Waals surface area contributed by atoms with Crippen molar-refractivity contribution in [2.24, 2.45) is 4.99 Å². The molecule has 0 fully saturated rings. The molecule has 2 heterocycles. The Morgan fingerprint density at radius 1 is 1.09 bits per heavy atom. The molecule has 2 aromatic carbocycles. The van der Waals surface area contributed by atoms with Crippen LogP contribution in [-0.4, -0.2) is 43.2 Å². The molecule has 2 aromatic rings. The third-order valence-corrected chi connectivity index (χ3v) is 4.56. The third kappa shape index (κ3) is 1.80. The van der Waals surface area contributed by atoms with Crippen molar-refractivity contribution in [2.75, 3.05) is 27.3 Å². The van der Waals surface area contributed by atoms with E-state index in [-0.39, 0.29) is 0 Å². The van der Waals surface area contributed by atoms with Crippen molar-refractivity contribution in [2.45, 2.75) is 5.72 Å². The Bertz CT molecular complexity index is 803. The molecule has 0 amide bonds. The number of aliphatic imine (C=N–C) groups is 1.